The molecule has 30 heavy (non-hydrogen) atoms. The molecule has 0 saturated carbocycles. The zero-order chi connectivity index (χ0) is 21.7. The van der Waals surface area contributed by atoms with Crippen molar-refractivity contribution in [2.24, 2.45) is 0 Å². The Kier molecular flexibility index (Phi) is 6.79. The maximum Gasteiger partial charge on any atom is 0.268 e. The highest BCUT2D eigenvalue weighted by Gasteiger charge is 2.30. The summed E-state index contributed by atoms with van der Waals surface area (Å²) in [5.74, 6) is -0.264. The van der Waals surface area contributed by atoms with Crippen LogP contribution in [0.5, 0.6) is 5.75 Å². The molecule has 156 valence electrons. The fraction of sp³-hybridized carbons (Fsp3) is 0.136. The lowest BCUT2D eigenvalue weighted by Crippen LogP contribution is -2.38. The van der Waals surface area contributed by atoms with Gasteiger partial charge in [-0.05, 0) is 55.0 Å². The van der Waals surface area contributed by atoms with Crippen LogP contribution < -0.4 is 14.4 Å². The number of anilines is 2. The molecule has 0 atom stereocenters. The lowest BCUT2D eigenvalue weighted by molar-refractivity contribution is -0.114. The molecule has 0 unspecified atom stereocenters. The van der Waals surface area contributed by atoms with Gasteiger partial charge in [-0.3, -0.25) is 9.10 Å². The molecule has 3 rings (SSSR count). The lowest BCUT2D eigenvalue weighted by Gasteiger charge is -2.25. The van der Waals surface area contributed by atoms with Gasteiger partial charge in [-0.15, -0.1) is 0 Å². The monoisotopic (exact) mass is 488 g/mol. The number of hydrogen-bond acceptors (Lipinski definition) is 4. The van der Waals surface area contributed by atoms with E-state index >= 15 is 0 Å². The summed E-state index contributed by atoms with van der Waals surface area (Å²) in [6.45, 7) is 1.52. The van der Waals surface area contributed by atoms with Crippen molar-refractivity contribution in [1.82, 2.24) is 0 Å². The molecule has 0 bridgehead atoms. The number of sulfonamides is 1. The number of rotatable bonds is 7. The molecule has 0 aliphatic carbocycles. The third kappa shape index (κ3) is 5.01. The fourth-order valence-corrected chi connectivity index (χ4v) is 5.05. The number of nitrogens with zero attached hydrogens (tertiary/aromatic N) is 1. The molecule has 6 nitrogen and oxygen atoms in total. The number of nitrogens with one attached hydrogen (secondary N) is 1. The number of halogens is 1. The normalized spacial score (nSPS) is 11.0. The molecule has 0 aliphatic rings. The van der Waals surface area contributed by atoms with E-state index in [1.165, 1.54) is 13.2 Å². The quantitative estimate of drug-likeness (QED) is 0.527. The van der Waals surface area contributed by atoms with Crippen molar-refractivity contribution in [2.45, 2.75) is 11.8 Å². The van der Waals surface area contributed by atoms with Gasteiger partial charge in [0, 0.05) is 10.2 Å². The average molecular weight is 489 g/mol. The molecule has 1 amide bonds. The van der Waals surface area contributed by atoms with E-state index < -0.39 is 22.5 Å². The highest BCUT2D eigenvalue weighted by molar-refractivity contribution is 9.10. The van der Waals surface area contributed by atoms with Gasteiger partial charge < -0.3 is 10.1 Å². The van der Waals surface area contributed by atoms with Crippen LogP contribution in [0, 0.1) is 6.92 Å². The number of amides is 1. The molecule has 8 heteroatoms. The highest BCUT2D eigenvalue weighted by atomic mass is 79.9. The molecular formula is C22H21BrN2O4S. The minimum absolute atomic E-state index is 0.0356. The van der Waals surface area contributed by atoms with Crippen molar-refractivity contribution in [1.29, 1.82) is 0 Å². The van der Waals surface area contributed by atoms with Gasteiger partial charge in [-0.25, -0.2) is 8.42 Å². The van der Waals surface area contributed by atoms with Gasteiger partial charge in [-0.2, -0.15) is 0 Å². The van der Waals surface area contributed by atoms with Crippen LogP contribution in [-0.2, 0) is 14.8 Å². The van der Waals surface area contributed by atoms with Crippen molar-refractivity contribution in [3.8, 4) is 5.75 Å². The van der Waals surface area contributed by atoms with Crippen molar-refractivity contribution in [2.75, 3.05) is 23.3 Å². The van der Waals surface area contributed by atoms with Gasteiger partial charge in [0.2, 0.25) is 5.91 Å². The predicted molar refractivity (Wildman–Crippen MR) is 121 cm³/mol. The van der Waals surface area contributed by atoms with Crippen LogP contribution >= 0.6 is 15.9 Å². The van der Waals surface area contributed by atoms with Crippen LogP contribution in [0.1, 0.15) is 5.56 Å². The Morgan fingerprint density at radius 2 is 1.77 bits per heavy atom. The second kappa shape index (κ2) is 9.32. The number of aryl methyl sites for hydroxylation is 1. The summed E-state index contributed by atoms with van der Waals surface area (Å²) < 4.78 is 34.0. The van der Waals surface area contributed by atoms with Gasteiger partial charge in [0.25, 0.3) is 10.0 Å². The smallest absolute Gasteiger partial charge is 0.268 e. The molecule has 0 saturated heterocycles. The number of carbonyl (C=O) groups is 1. The summed E-state index contributed by atoms with van der Waals surface area (Å²) >= 11 is 3.31. The molecule has 0 fully saturated rings. The van der Waals surface area contributed by atoms with Crippen molar-refractivity contribution < 1.29 is 17.9 Å². The SMILES string of the molecule is COc1ccc(Br)cc1S(=O)(=O)N(CC(=O)Nc1cccc(C)c1)c1ccccc1. The molecule has 3 aromatic carbocycles. The average Bonchev–Trinajstić information content (AvgIpc) is 2.72. The second-order valence-electron chi connectivity index (χ2n) is 6.56. The van der Waals surface area contributed by atoms with E-state index in [0.29, 0.717) is 15.8 Å². The third-order valence-corrected chi connectivity index (χ3v) is 6.62. The zero-order valence-corrected chi connectivity index (χ0v) is 18.9. The van der Waals surface area contributed by atoms with Crippen LogP contribution in [0.3, 0.4) is 0 Å². The third-order valence-electron chi connectivity index (χ3n) is 4.33. The van der Waals surface area contributed by atoms with Gasteiger partial charge >= 0.3 is 0 Å². The molecule has 0 heterocycles. The van der Waals surface area contributed by atoms with E-state index in [0.717, 1.165) is 9.87 Å². The van der Waals surface area contributed by atoms with Crippen LogP contribution in [0.4, 0.5) is 11.4 Å². The summed E-state index contributed by atoms with van der Waals surface area (Å²) in [6, 6.07) is 20.5. The Balaban J connectivity index is 1.99. The summed E-state index contributed by atoms with van der Waals surface area (Å²) in [7, 11) is -2.70. The first-order valence-corrected chi connectivity index (χ1v) is 11.3. The van der Waals surface area contributed by atoms with Crippen molar-refractivity contribution >= 4 is 43.2 Å². The standard InChI is InChI=1S/C22H21BrN2O4S/c1-16-7-6-8-18(13-16)24-22(26)15-25(19-9-4-3-5-10-19)30(27,28)21-14-17(23)11-12-20(21)29-2/h3-14H,15H2,1-2H3,(H,24,26). The lowest BCUT2D eigenvalue weighted by atomic mass is 10.2. The van der Waals surface area contributed by atoms with E-state index in [1.807, 2.05) is 25.1 Å². The van der Waals surface area contributed by atoms with Gasteiger partial charge in [0.15, 0.2) is 0 Å². The van der Waals surface area contributed by atoms with E-state index in [2.05, 4.69) is 21.2 Å². The Labute approximate surface area is 184 Å². The Morgan fingerprint density at radius 3 is 2.43 bits per heavy atom. The maximum absolute atomic E-state index is 13.6. The summed E-state index contributed by atoms with van der Waals surface area (Å²) in [6.07, 6.45) is 0. The minimum atomic E-state index is -4.10. The molecule has 0 radical (unpaired) electrons. The van der Waals surface area contributed by atoms with E-state index in [1.54, 1.807) is 48.5 Å². The number of methoxy groups -OCH3 is 1. The van der Waals surface area contributed by atoms with E-state index in [-0.39, 0.29) is 10.6 Å². The number of benzene rings is 3. The van der Waals surface area contributed by atoms with Crippen molar-refractivity contribution in [3.63, 3.8) is 0 Å². The highest BCUT2D eigenvalue weighted by Crippen LogP contribution is 2.32. The van der Waals surface area contributed by atoms with Gasteiger partial charge in [0.1, 0.15) is 17.2 Å². The first-order valence-electron chi connectivity index (χ1n) is 9.09. The summed E-state index contributed by atoms with van der Waals surface area (Å²) in [5, 5.41) is 2.76. The Bertz CT molecular complexity index is 1150. The minimum Gasteiger partial charge on any atom is -0.495 e. The van der Waals surface area contributed by atoms with Gasteiger partial charge in [-0.1, -0.05) is 46.3 Å². The Hall–Kier alpha value is -2.84. The van der Waals surface area contributed by atoms with Crippen molar-refractivity contribution in [3.05, 3.63) is 82.8 Å². The number of carbonyl (C=O) groups excluding carboxylic acids is 1. The maximum atomic E-state index is 13.6. The van der Waals surface area contributed by atoms with E-state index in [4.69, 9.17) is 4.74 Å². The van der Waals surface area contributed by atoms with Crippen LogP contribution in [0.15, 0.2) is 82.2 Å². The van der Waals surface area contributed by atoms with Crippen LogP contribution in [0.2, 0.25) is 0 Å². The van der Waals surface area contributed by atoms with Gasteiger partial charge in [0.05, 0.1) is 12.8 Å². The molecular weight excluding hydrogens is 468 g/mol. The predicted octanol–water partition coefficient (Wildman–Crippen LogP) is 4.60. The summed E-state index contributed by atoms with van der Waals surface area (Å²) in [4.78, 5) is 12.7. The molecule has 3 aromatic rings. The second-order valence-corrected chi connectivity index (χ2v) is 9.31. The summed E-state index contributed by atoms with van der Waals surface area (Å²) in [5.41, 5.74) is 1.96. The molecule has 0 aliphatic heterocycles. The topological polar surface area (TPSA) is 75.7 Å². The Morgan fingerprint density at radius 1 is 1.03 bits per heavy atom. The molecule has 1 N–H and O–H groups in total. The number of ether oxygens (including phenoxy) is 1. The first-order chi connectivity index (χ1) is 14.3. The zero-order valence-electron chi connectivity index (χ0n) is 16.5. The van der Waals surface area contributed by atoms with E-state index in [9.17, 15) is 13.2 Å². The fourth-order valence-electron chi connectivity index (χ4n) is 2.93. The first kappa shape index (κ1) is 21.9. The number of para-hydroxylation sites is 1. The molecule has 0 spiro atoms. The van der Waals surface area contributed by atoms with Crippen LogP contribution in [0.25, 0.3) is 0 Å². The number of hydrogen-bond donors (Lipinski definition) is 1. The largest absolute Gasteiger partial charge is 0.495 e. The molecule has 0 aromatic heterocycles. The van der Waals surface area contributed by atoms with Crippen LogP contribution in [-0.4, -0.2) is 28.0 Å².